The first-order valence-corrected chi connectivity index (χ1v) is 6.86. The molecule has 0 bridgehead atoms. The number of aromatic nitrogens is 3. The van der Waals surface area contributed by atoms with Gasteiger partial charge in [-0.05, 0) is 12.8 Å². The molecule has 7 heteroatoms. The minimum absolute atomic E-state index is 0.00765. The fraction of sp³-hybridized carbons (Fsp3) is 0.692. The third kappa shape index (κ3) is 3.41. The van der Waals surface area contributed by atoms with Gasteiger partial charge in [0.25, 0.3) is 0 Å². The van der Waals surface area contributed by atoms with Gasteiger partial charge in [0.05, 0.1) is 19.1 Å². The van der Waals surface area contributed by atoms with E-state index in [9.17, 15) is 9.59 Å². The Kier molecular flexibility index (Phi) is 4.49. The quantitative estimate of drug-likeness (QED) is 0.809. The summed E-state index contributed by atoms with van der Waals surface area (Å²) >= 11 is 0. The van der Waals surface area contributed by atoms with Crippen LogP contribution in [0.1, 0.15) is 26.6 Å². The van der Waals surface area contributed by atoms with E-state index in [1.165, 1.54) is 6.92 Å². The Morgan fingerprint density at radius 3 is 2.80 bits per heavy atom. The third-order valence-corrected chi connectivity index (χ3v) is 3.51. The van der Waals surface area contributed by atoms with Gasteiger partial charge in [0.1, 0.15) is 12.2 Å². The molecule has 1 N–H and O–H groups in total. The number of carbonyl (C=O) groups excluding carboxylic acids is 2. The van der Waals surface area contributed by atoms with Crippen molar-refractivity contribution in [1.29, 1.82) is 0 Å². The lowest BCUT2D eigenvalue weighted by Gasteiger charge is -2.27. The van der Waals surface area contributed by atoms with Crippen LogP contribution in [0.2, 0.25) is 0 Å². The number of ketones is 1. The SMILES string of the molecule is CC(=O)C(NC(=O)CN1CCn2cnnc2C1)C(C)C. The predicted molar refractivity (Wildman–Crippen MR) is 72.7 cm³/mol. The van der Waals surface area contributed by atoms with Gasteiger partial charge in [-0.3, -0.25) is 14.5 Å². The second-order valence-corrected chi connectivity index (χ2v) is 5.55. The standard InChI is InChI=1S/C13H21N5O2/c1-9(2)13(10(3)19)15-12(20)7-17-4-5-18-8-14-16-11(18)6-17/h8-9,13H,4-7H2,1-3H3,(H,15,20). The van der Waals surface area contributed by atoms with E-state index in [0.717, 1.165) is 18.9 Å². The Labute approximate surface area is 118 Å². The van der Waals surface area contributed by atoms with Crippen LogP contribution in [0.4, 0.5) is 0 Å². The minimum atomic E-state index is -0.407. The maximum Gasteiger partial charge on any atom is 0.234 e. The number of nitrogens with one attached hydrogen (secondary N) is 1. The van der Waals surface area contributed by atoms with Gasteiger partial charge >= 0.3 is 0 Å². The van der Waals surface area contributed by atoms with Crippen LogP contribution in [-0.4, -0.2) is 50.5 Å². The zero-order valence-electron chi connectivity index (χ0n) is 12.2. The number of carbonyl (C=O) groups is 2. The normalized spacial score (nSPS) is 16.8. The highest BCUT2D eigenvalue weighted by molar-refractivity contribution is 5.88. The summed E-state index contributed by atoms with van der Waals surface area (Å²) in [6.45, 7) is 7.82. The van der Waals surface area contributed by atoms with Gasteiger partial charge in [-0.2, -0.15) is 0 Å². The van der Waals surface area contributed by atoms with E-state index in [1.54, 1.807) is 6.33 Å². The fourth-order valence-electron chi connectivity index (χ4n) is 2.41. The van der Waals surface area contributed by atoms with E-state index >= 15 is 0 Å². The first-order valence-electron chi connectivity index (χ1n) is 6.86. The van der Waals surface area contributed by atoms with Crippen LogP contribution in [0.25, 0.3) is 0 Å². The molecule has 110 valence electrons. The van der Waals surface area contributed by atoms with Crippen LogP contribution in [0.5, 0.6) is 0 Å². The molecule has 0 saturated heterocycles. The smallest absolute Gasteiger partial charge is 0.234 e. The molecule has 1 amide bonds. The number of rotatable bonds is 5. The highest BCUT2D eigenvalue weighted by Crippen LogP contribution is 2.09. The molecule has 0 saturated carbocycles. The lowest BCUT2D eigenvalue weighted by Crippen LogP contribution is -2.48. The van der Waals surface area contributed by atoms with Crippen molar-refractivity contribution in [2.45, 2.75) is 39.9 Å². The monoisotopic (exact) mass is 279 g/mol. The molecule has 2 heterocycles. The Morgan fingerprint density at radius 1 is 1.40 bits per heavy atom. The van der Waals surface area contributed by atoms with E-state index < -0.39 is 6.04 Å². The Hall–Kier alpha value is -1.76. The molecule has 1 unspecified atom stereocenters. The van der Waals surface area contributed by atoms with Crippen LogP contribution in [-0.2, 0) is 22.7 Å². The summed E-state index contributed by atoms with van der Waals surface area (Å²) in [6, 6.07) is -0.407. The zero-order valence-corrected chi connectivity index (χ0v) is 12.2. The summed E-state index contributed by atoms with van der Waals surface area (Å²) in [7, 11) is 0. The number of hydrogen-bond acceptors (Lipinski definition) is 5. The molecular weight excluding hydrogens is 258 g/mol. The third-order valence-electron chi connectivity index (χ3n) is 3.51. The Bertz CT molecular complexity index is 497. The molecule has 0 fully saturated rings. The van der Waals surface area contributed by atoms with Gasteiger partial charge in [-0.15, -0.1) is 10.2 Å². The highest BCUT2D eigenvalue weighted by atomic mass is 16.2. The summed E-state index contributed by atoms with van der Waals surface area (Å²) in [5.74, 6) is 0.843. The minimum Gasteiger partial charge on any atom is -0.345 e. The molecule has 1 aliphatic heterocycles. The zero-order chi connectivity index (χ0) is 14.7. The molecule has 2 rings (SSSR count). The molecule has 1 aromatic heterocycles. The second kappa shape index (κ2) is 6.13. The number of hydrogen-bond donors (Lipinski definition) is 1. The Balaban J connectivity index is 1.88. The molecule has 1 aliphatic rings. The second-order valence-electron chi connectivity index (χ2n) is 5.55. The van der Waals surface area contributed by atoms with Crippen LogP contribution in [0.15, 0.2) is 6.33 Å². The number of nitrogens with zero attached hydrogens (tertiary/aromatic N) is 4. The fourth-order valence-corrected chi connectivity index (χ4v) is 2.41. The summed E-state index contributed by atoms with van der Waals surface area (Å²) in [4.78, 5) is 25.5. The van der Waals surface area contributed by atoms with Crippen molar-refractivity contribution in [3.63, 3.8) is 0 Å². The number of Topliss-reactive ketones (excluding diaryl/α,β-unsaturated/α-hetero) is 1. The molecule has 20 heavy (non-hydrogen) atoms. The Morgan fingerprint density at radius 2 is 2.15 bits per heavy atom. The maximum atomic E-state index is 12.0. The molecule has 0 spiro atoms. The first kappa shape index (κ1) is 14.6. The van der Waals surface area contributed by atoms with Gasteiger partial charge in [0.2, 0.25) is 5.91 Å². The lowest BCUT2D eigenvalue weighted by molar-refractivity contribution is -0.128. The van der Waals surface area contributed by atoms with Crippen molar-refractivity contribution in [2.24, 2.45) is 5.92 Å². The number of fused-ring (bicyclic) bond motifs is 1. The van der Waals surface area contributed by atoms with Gasteiger partial charge in [0, 0.05) is 13.1 Å². The molecular formula is C13H21N5O2. The van der Waals surface area contributed by atoms with Gasteiger partial charge in [-0.1, -0.05) is 13.8 Å². The average molecular weight is 279 g/mol. The van der Waals surface area contributed by atoms with Crippen LogP contribution in [0, 0.1) is 5.92 Å². The number of amides is 1. The van der Waals surface area contributed by atoms with Gasteiger partial charge < -0.3 is 9.88 Å². The van der Waals surface area contributed by atoms with Crippen molar-refractivity contribution in [3.05, 3.63) is 12.2 Å². The average Bonchev–Trinajstić information content (AvgIpc) is 2.82. The molecule has 0 aliphatic carbocycles. The van der Waals surface area contributed by atoms with E-state index in [-0.39, 0.29) is 24.2 Å². The van der Waals surface area contributed by atoms with Crippen molar-refractivity contribution in [3.8, 4) is 0 Å². The van der Waals surface area contributed by atoms with E-state index in [1.807, 2.05) is 23.3 Å². The lowest BCUT2D eigenvalue weighted by atomic mass is 10.0. The molecule has 0 aromatic carbocycles. The largest absolute Gasteiger partial charge is 0.345 e. The van der Waals surface area contributed by atoms with Crippen molar-refractivity contribution in [2.75, 3.05) is 13.1 Å². The summed E-state index contributed by atoms with van der Waals surface area (Å²) < 4.78 is 1.99. The van der Waals surface area contributed by atoms with Crippen molar-refractivity contribution in [1.82, 2.24) is 25.0 Å². The van der Waals surface area contributed by atoms with E-state index in [2.05, 4.69) is 15.5 Å². The summed E-state index contributed by atoms with van der Waals surface area (Å²) in [5.41, 5.74) is 0. The van der Waals surface area contributed by atoms with Gasteiger partial charge in [0.15, 0.2) is 5.78 Å². The molecule has 0 radical (unpaired) electrons. The highest BCUT2D eigenvalue weighted by Gasteiger charge is 2.23. The van der Waals surface area contributed by atoms with E-state index in [4.69, 9.17) is 0 Å². The molecule has 7 nitrogen and oxygen atoms in total. The van der Waals surface area contributed by atoms with Crippen LogP contribution >= 0.6 is 0 Å². The van der Waals surface area contributed by atoms with Crippen molar-refractivity contribution >= 4 is 11.7 Å². The van der Waals surface area contributed by atoms with Gasteiger partial charge in [-0.25, -0.2) is 0 Å². The summed E-state index contributed by atoms with van der Waals surface area (Å²) in [6.07, 6.45) is 1.71. The topological polar surface area (TPSA) is 80.1 Å². The predicted octanol–water partition coefficient (Wildman–Crippen LogP) is -0.176. The maximum absolute atomic E-state index is 12.0. The van der Waals surface area contributed by atoms with Crippen LogP contribution in [0.3, 0.4) is 0 Å². The first-order chi connectivity index (χ1) is 9.47. The molecule has 1 aromatic rings. The summed E-state index contributed by atoms with van der Waals surface area (Å²) in [5, 5.41) is 10.7. The van der Waals surface area contributed by atoms with Crippen molar-refractivity contribution < 1.29 is 9.59 Å². The van der Waals surface area contributed by atoms with Crippen LogP contribution < -0.4 is 5.32 Å². The molecule has 1 atom stereocenters. The van der Waals surface area contributed by atoms with E-state index in [0.29, 0.717) is 6.54 Å².